The number of thioether (sulfide) groups is 1. The highest BCUT2D eigenvalue weighted by molar-refractivity contribution is 7.99. The zero-order chi connectivity index (χ0) is 15.0. The molecule has 1 aliphatic heterocycles. The van der Waals surface area contributed by atoms with Gasteiger partial charge >= 0.3 is 5.97 Å². The van der Waals surface area contributed by atoms with Gasteiger partial charge in [0.25, 0.3) is 0 Å². The zero-order valence-electron chi connectivity index (χ0n) is 12.0. The average Bonchev–Trinajstić information content (AvgIpc) is 2.41. The van der Waals surface area contributed by atoms with Crippen molar-refractivity contribution < 1.29 is 9.90 Å². The molecule has 2 rings (SSSR count). The Hall–Kier alpha value is -0.710. The maximum atomic E-state index is 9.58. The fourth-order valence-electron chi connectivity index (χ4n) is 2.20. The molecule has 1 aliphatic rings. The number of piperidine rings is 1. The van der Waals surface area contributed by atoms with Gasteiger partial charge in [0.1, 0.15) is 0 Å². The maximum absolute atomic E-state index is 9.58. The minimum absolute atomic E-state index is 0.208. The Kier molecular flexibility index (Phi) is 8.04. The third-order valence-corrected chi connectivity index (χ3v) is 4.12. The number of benzene rings is 1. The largest absolute Gasteiger partial charge is 0.481 e. The van der Waals surface area contributed by atoms with Gasteiger partial charge in [0, 0.05) is 5.02 Å². The lowest BCUT2D eigenvalue weighted by atomic mass is 9.90. The number of aliphatic carboxylic acids is 1. The second kappa shape index (κ2) is 9.27. The van der Waals surface area contributed by atoms with Gasteiger partial charge in [-0.25, -0.2) is 0 Å². The minimum atomic E-state index is -0.748. The second-order valence-electron chi connectivity index (χ2n) is 4.96. The Morgan fingerprint density at radius 2 is 1.90 bits per heavy atom. The van der Waals surface area contributed by atoms with E-state index in [1.54, 1.807) is 6.26 Å². The quantitative estimate of drug-likeness (QED) is 0.925. The molecular weight excluding hydrogens is 294 g/mol. The van der Waals surface area contributed by atoms with Gasteiger partial charge in [-0.15, -0.1) is 0 Å². The van der Waals surface area contributed by atoms with E-state index in [1.165, 1.54) is 43.3 Å². The molecule has 112 valence electrons. The lowest BCUT2D eigenvalue weighted by Crippen LogP contribution is -2.29. The van der Waals surface area contributed by atoms with Crippen LogP contribution in [-0.2, 0) is 4.79 Å². The molecule has 20 heavy (non-hydrogen) atoms. The van der Waals surface area contributed by atoms with Crippen LogP contribution in [0.5, 0.6) is 0 Å². The Bertz CT molecular complexity index is 403. The summed E-state index contributed by atoms with van der Waals surface area (Å²) in [5.74, 6) is 0.200. The number of carboxylic acids is 1. The monoisotopic (exact) mass is 315 g/mol. The van der Waals surface area contributed by atoms with Crippen molar-refractivity contribution in [2.75, 3.05) is 32.1 Å². The number of carboxylic acid groups (broad SMARTS) is 1. The van der Waals surface area contributed by atoms with Gasteiger partial charge in [0.05, 0.1) is 5.75 Å². The molecule has 0 bridgehead atoms. The third-order valence-electron chi connectivity index (χ3n) is 3.33. The summed E-state index contributed by atoms with van der Waals surface area (Å²) in [5.41, 5.74) is 1.45. The van der Waals surface area contributed by atoms with Crippen molar-refractivity contribution in [3.8, 4) is 0 Å². The van der Waals surface area contributed by atoms with Crippen molar-refractivity contribution in [2.24, 2.45) is 0 Å². The van der Waals surface area contributed by atoms with Crippen LogP contribution in [0.15, 0.2) is 24.3 Å². The second-order valence-corrected chi connectivity index (χ2v) is 6.26. The predicted octanol–water partition coefficient (Wildman–Crippen LogP) is 3.58. The van der Waals surface area contributed by atoms with E-state index in [1.807, 2.05) is 12.1 Å². The molecule has 1 saturated heterocycles. The van der Waals surface area contributed by atoms with Gasteiger partial charge in [-0.1, -0.05) is 23.7 Å². The molecule has 0 radical (unpaired) electrons. The molecule has 1 aromatic carbocycles. The molecule has 0 amide bonds. The number of hydrogen-bond acceptors (Lipinski definition) is 3. The Morgan fingerprint density at radius 1 is 1.35 bits per heavy atom. The molecule has 0 aliphatic carbocycles. The summed E-state index contributed by atoms with van der Waals surface area (Å²) in [7, 11) is 2.19. The van der Waals surface area contributed by atoms with Crippen LogP contribution >= 0.6 is 23.4 Å². The predicted molar refractivity (Wildman–Crippen MR) is 86.9 cm³/mol. The average molecular weight is 316 g/mol. The molecule has 5 heteroatoms. The van der Waals surface area contributed by atoms with E-state index in [9.17, 15) is 4.79 Å². The molecule has 1 heterocycles. The molecule has 0 unspecified atom stereocenters. The summed E-state index contributed by atoms with van der Waals surface area (Å²) in [5, 5.41) is 8.73. The summed E-state index contributed by atoms with van der Waals surface area (Å²) in [6, 6.07) is 8.32. The fourth-order valence-corrected chi connectivity index (χ4v) is 2.57. The van der Waals surface area contributed by atoms with Gasteiger partial charge in [0.2, 0.25) is 0 Å². The highest BCUT2D eigenvalue weighted by Gasteiger charge is 2.17. The van der Waals surface area contributed by atoms with Crippen molar-refractivity contribution in [1.82, 2.24) is 4.90 Å². The first-order valence-electron chi connectivity index (χ1n) is 6.67. The first-order valence-corrected chi connectivity index (χ1v) is 8.45. The van der Waals surface area contributed by atoms with Gasteiger partial charge in [-0.3, -0.25) is 4.79 Å². The van der Waals surface area contributed by atoms with Crippen LogP contribution in [0.1, 0.15) is 24.3 Å². The maximum Gasteiger partial charge on any atom is 0.313 e. The molecule has 1 fully saturated rings. The van der Waals surface area contributed by atoms with Crippen LogP contribution in [0.4, 0.5) is 0 Å². The summed E-state index contributed by atoms with van der Waals surface area (Å²) >= 11 is 7.18. The highest BCUT2D eigenvalue weighted by Crippen LogP contribution is 2.28. The number of hydrogen-bond donors (Lipinski definition) is 1. The number of likely N-dealkylation sites (tertiary alicyclic amines) is 1. The van der Waals surface area contributed by atoms with Crippen LogP contribution in [0.3, 0.4) is 0 Å². The summed E-state index contributed by atoms with van der Waals surface area (Å²) in [4.78, 5) is 12.0. The Morgan fingerprint density at radius 3 is 2.30 bits per heavy atom. The lowest BCUT2D eigenvalue weighted by molar-refractivity contribution is -0.133. The number of carbonyl (C=O) groups is 1. The molecular formula is C15H22ClNO2S. The van der Waals surface area contributed by atoms with E-state index in [-0.39, 0.29) is 5.75 Å². The van der Waals surface area contributed by atoms with Crippen molar-refractivity contribution in [3.63, 3.8) is 0 Å². The zero-order valence-corrected chi connectivity index (χ0v) is 13.6. The summed E-state index contributed by atoms with van der Waals surface area (Å²) in [6.45, 7) is 2.43. The highest BCUT2D eigenvalue weighted by atomic mass is 35.5. The van der Waals surface area contributed by atoms with Crippen molar-refractivity contribution in [2.45, 2.75) is 18.8 Å². The number of nitrogens with zero attached hydrogens (tertiary/aromatic N) is 1. The first kappa shape index (κ1) is 17.3. The molecule has 0 saturated carbocycles. The summed E-state index contributed by atoms with van der Waals surface area (Å²) in [6.07, 6.45) is 4.31. The Labute approximate surface area is 130 Å². The van der Waals surface area contributed by atoms with E-state index in [0.717, 1.165) is 10.9 Å². The molecule has 1 N–H and O–H groups in total. The first-order chi connectivity index (χ1) is 9.52. The fraction of sp³-hybridized carbons (Fsp3) is 0.533. The van der Waals surface area contributed by atoms with E-state index in [4.69, 9.17) is 16.7 Å². The van der Waals surface area contributed by atoms with Gasteiger partial charge in [0.15, 0.2) is 0 Å². The summed E-state index contributed by atoms with van der Waals surface area (Å²) < 4.78 is 0. The molecule has 1 aromatic rings. The SMILES string of the molecule is CN1CCC(c2ccc(Cl)cc2)CC1.CSCC(=O)O. The molecule has 0 aromatic heterocycles. The number of rotatable bonds is 3. The molecule has 0 atom stereocenters. The molecule has 3 nitrogen and oxygen atoms in total. The van der Waals surface area contributed by atoms with Crippen LogP contribution in [0.25, 0.3) is 0 Å². The van der Waals surface area contributed by atoms with E-state index in [0.29, 0.717) is 0 Å². The van der Waals surface area contributed by atoms with Crippen molar-refractivity contribution in [3.05, 3.63) is 34.9 Å². The number of halogens is 1. The van der Waals surface area contributed by atoms with Crippen molar-refractivity contribution >= 4 is 29.3 Å². The lowest BCUT2D eigenvalue weighted by Gasteiger charge is -2.29. The molecule has 0 spiro atoms. The van der Waals surface area contributed by atoms with Gasteiger partial charge in [-0.05, 0) is 62.8 Å². The van der Waals surface area contributed by atoms with Gasteiger partial charge in [-0.2, -0.15) is 11.8 Å². The van der Waals surface area contributed by atoms with Crippen molar-refractivity contribution in [1.29, 1.82) is 0 Å². The van der Waals surface area contributed by atoms with Crippen LogP contribution in [0.2, 0.25) is 5.02 Å². The van der Waals surface area contributed by atoms with E-state index >= 15 is 0 Å². The third kappa shape index (κ3) is 6.64. The van der Waals surface area contributed by atoms with Crippen LogP contribution < -0.4 is 0 Å². The smallest absolute Gasteiger partial charge is 0.313 e. The topological polar surface area (TPSA) is 40.5 Å². The van der Waals surface area contributed by atoms with E-state index < -0.39 is 5.97 Å². The normalized spacial score (nSPS) is 16.4. The van der Waals surface area contributed by atoms with Gasteiger partial charge < -0.3 is 10.0 Å². The standard InChI is InChI=1S/C12H16ClN.C3H6O2S/c1-14-8-6-11(7-9-14)10-2-4-12(13)5-3-10;1-6-2-3(4)5/h2-5,11H,6-9H2,1H3;2H2,1H3,(H,4,5). The van der Waals surface area contributed by atoms with Crippen LogP contribution in [0, 0.1) is 0 Å². The van der Waals surface area contributed by atoms with E-state index in [2.05, 4.69) is 24.1 Å². The Balaban J connectivity index is 0.000000286. The minimum Gasteiger partial charge on any atom is -0.481 e. The van der Waals surface area contributed by atoms with Crippen LogP contribution in [-0.4, -0.2) is 48.1 Å².